The molecule has 4 rings (SSSR count). The van der Waals surface area contributed by atoms with E-state index in [1.807, 2.05) is 6.92 Å². The average Bonchev–Trinajstić information content (AvgIpc) is 2.60. The minimum atomic E-state index is -0.593. The molecule has 4 fully saturated rings. The Morgan fingerprint density at radius 2 is 1.78 bits per heavy atom. The van der Waals surface area contributed by atoms with E-state index in [-0.39, 0.29) is 11.3 Å². The molecule has 1 unspecified atom stereocenters. The largest absolute Gasteiger partial charge is 0.387 e. The van der Waals surface area contributed by atoms with Gasteiger partial charge in [-0.3, -0.25) is 4.79 Å². The molecular formula is C24H40O3. The smallest absolute Gasteiger partial charge is 0.133 e. The first-order valence-electron chi connectivity index (χ1n) is 11.5. The van der Waals surface area contributed by atoms with Crippen LogP contribution >= 0.6 is 0 Å². The predicted octanol–water partition coefficient (Wildman–Crippen LogP) is 4.86. The molecule has 0 spiro atoms. The molecule has 0 radical (unpaired) electrons. The van der Waals surface area contributed by atoms with E-state index in [1.54, 1.807) is 7.11 Å². The van der Waals surface area contributed by atoms with Gasteiger partial charge < -0.3 is 9.84 Å². The van der Waals surface area contributed by atoms with E-state index in [9.17, 15) is 9.90 Å². The normalized spacial score (nSPS) is 52.4. The highest BCUT2D eigenvalue weighted by Gasteiger charge is 2.58. The van der Waals surface area contributed by atoms with Crippen LogP contribution in [0.4, 0.5) is 0 Å². The Balaban J connectivity index is 1.56. The second-order valence-electron chi connectivity index (χ2n) is 11.0. The van der Waals surface area contributed by atoms with Crippen molar-refractivity contribution in [2.24, 2.45) is 46.8 Å². The zero-order valence-corrected chi connectivity index (χ0v) is 17.9. The SMILES string of the molecule is COC[C@@]1(O)CC[C@H]2[C@H](CC[C@@H]3[C@@H]2CC[C@]2(C)C(C(C)=O)CC[C@@H](C)[C@@H]32)C1. The third-order valence-electron chi connectivity index (χ3n) is 9.62. The molecule has 9 atom stereocenters. The summed E-state index contributed by atoms with van der Waals surface area (Å²) < 4.78 is 5.32. The summed E-state index contributed by atoms with van der Waals surface area (Å²) in [6.07, 6.45) is 10.5. The number of carbonyl (C=O) groups excluding carboxylic acids is 1. The fourth-order valence-corrected chi connectivity index (χ4v) is 8.72. The monoisotopic (exact) mass is 376 g/mol. The van der Waals surface area contributed by atoms with Gasteiger partial charge in [-0.15, -0.1) is 0 Å². The minimum Gasteiger partial charge on any atom is -0.387 e. The number of hydrogen-bond acceptors (Lipinski definition) is 3. The van der Waals surface area contributed by atoms with Crippen LogP contribution in [-0.2, 0) is 9.53 Å². The summed E-state index contributed by atoms with van der Waals surface area (Å²) in [5, 5.41) is 10.9. The van der Waals surface area contributed by atoms with Gasteiger partial charge in [-0.25, -0.2) is 0 Å². The maximum Gasteiger partial charge on any atom is 0.133 e. The first-order valence-corrected chi connectivity index (χ1v) is 11.5. The molecule has 4 aliphatic rings. The maximum absolute atomic E-state index is 12.4. The van der Waals surface area contributed by atoms with E-state index >= 15 is 0 Å². The van der Waals surface area contributed by atoms with Gasteiger partial charge in [0.15, 0.2) is 0 Å². The van der Waals surface area contributed by atoms with Crippen molar-refractivity contribution in [2.45, 2.75) is 84.2 Å². The molecule has 4 saturated carbocycles. The number of ether oxygens (including phenoxy) is 1. The molecule has 0 aliphatic heterocycles. The maximum atomic E-state index is 12.4. The summed E-state index contributed by atoms with van der Waals surface area (Å²) in [4.78, 5) is 12.4. The van der Waals surface area contributed by atoms with Crippen LogP contribution in [0.15, 0.2) is 0 Å². The van der Waals surface area contributed by atoms with Crippen molar-refractivity contribution in [3.63, 3.8) is 0 Å². The third kappa shape index (κ3) is 3.21. The molecule has 0 amide bonds. The number of hydrogen-bond donors (Lipinski definition) is 1. The van der Waals surface area contributed by atoms with Crippen LogP contribution in [0.1, 0.15) is 78.6 Å². The van der Waals surface area contributed by atoms with Gasteiger partial charge in [0.05, 0.1) is 12.2 Å². The lowest BCUT2D eigenvalue weighted by Crippen LogP contribution is -2.57. The number of aliphatic hydroxyl groups is 1. The summed E-state index contributed by atoms with van der Waals surface area (Å²) in [6, 6.07) is 0. The molecule has 0 aromatic rings. The van der Waals surface area contributed by atoms with Crippen LogP contribution in [0.5, 0.6) is 0 Å². The van der Waals surface area contributed by atoms with Crippen LogP contribution in [-0.4, -0.2) is 30.2 Å². The van der Waals surface area contributed by atoms with Gasteiger partial charge in [0.2, 0.25) is 0 Å². The highest BCUT2D eigenvalue weighted by molar-refractivity contribution is 5.79. The fraction of sp³-hybridized carbons (Fsp3) is 0.958. The molecule has 3 heteroatoms. The summed E-state index contributed by atoms with van der Waals surface area (Å²) in [6.45, 7) is 7.25. The highest BCUT2D eigenvalue weighted by atomic mass is 16.5. The molecule has 0 bridgehead atoms. The molecule has 0 saturated heterocycles. The molecule has 1 N–H and O–H groups in total. The van der Waals surface area contributed by atoms with Gasteiger partial charge in [-0.05, 0) is 106 Å². The Morgan fingerprint density at radius 1 is 1.04 bits per heavy atom. The Bertz CT molecular complexity index is 574. The quantitative estimate of drug-likeness (QED) is 0.765. The lowest BCUT2D eigenvalue weighted by molar-refractivity contribution is -0.160. The molecule has 4 aliphatic carbocycles. The van der Waals surface area contributed by atoms with Crippen molar-refractivity contribution < 1.29 is 14.6 Å². The number of fused-ring (bicyclic) bond motifs is 5. The number of carbonyl (C=O) groups is 1. The lowest BCUT2D eigenvalue weighted by atomic mass is 9.43. The molecule has 0 heterocycles. The van der Waals surface area contributed by atoms with Gasteiger partial charge in [0.1, 0.15) is 5.78 Å². The summed E-state index contributed by atoms with van der Waals surface area (Å²) >= 11 is 0. The molecule has 3 nitrogen and oxygen atoms in total. The second kappa shape index (κ2) is 7.13. The predicted molar refractivity (Wildman–Crippen MR) is 107 cm³/mol. The number of methoxy groups -OCH3 is 1. The van der Waals surface area contributed by atoms with E-state index in [2.05, 4.69) is 13.8 Å². The van der Waals surface area contributed by atoms with E-state index in [0.29, 0.717) is 18.3 Å². The molecular weight excluding hydrogens is 336 g/mol. The first kappa shape index (κ1) is 19.9. The topological polar surface area (TPSA) is 46.5 Å². The van der Waals surface area contributed by atoms with Crippen LogP contribution < -0.4 is 0 Å². The van der Waals surface area contributed by atoms with Crippen LogP contribution in [0.3, 0.4) is 0 Å². The number of ketones is 1. The number of rotatable bonds is 3. The van der Waals surface area contributed by atoms with Crippen molar-refractivity contribution in [2.75, 3.05) is 13.7 Å². The Labute approximate surface area is 165 Å². The van der Waals surface area contributed by atoms with Gasteiger partial charge >= 0.3 is 0 Å². The van der Waals surface area contributed by atoms with Crippen molar-refractivity contribution in [1.29, 1.82) is 0 Å². The van der Waals surface area contributed by atoms with Gasteiger partial charge in [-0.2, -0.15) is 0 Å². The highest BCUT2D eigenvalue weighted by Crippen LogP contribution is 2.64. The van der Waals surface area contributed by atoms with E-state index in [1.165, 1.54) is 38.5 Å². The first-order chi connectivity index (χ1) is 12.8. The standard InChI is InChI=1S/C24H40O3/c1-15-5-8-21(16(2)25)23(3)11-9-19-18-10-12-24(26,14-27-4)13-17(18)6-7-20(19)22(15)23/h15,17-22,26H,5-14H2,1-4H3/t15-,17-,18+,19-,20-,21?,22+,23-,24-/m1/s1. The molecule has 154 valence electrons. The van der Waals surface area contributed by atoms with Crippen molar-refractivity contribution in [3.05, 3.63) is 0 Å². The fourth-order valence-electron chi connectivity index (χ4n) is 8.72. The zero-order valence-electron chi connectivity index (χ0n) is 17.9. The Morgan fingerprint density at radius 3 is 2.48 bits per heavy atom. The molecule has 27 heavy (non-hydrogen) atoms. The summed E-state index contributed by atoms with van der Waals surface area (Å²) in [5.41, 5.74) is -0.368. The second-order valence-corrected chi connectivity index (χ2v) is 11.0. The van der Waals surface area contributed by atoms with E-state index < -0.39 is 5.60 Å². The minimum absolute atomic E-state index is 0.225. The van der Waals surface area contributed by atoms with Gasteiger partial charge in [0, 0.05) is 13.0 Å². The van der Waals surface area contributed by atoms with Gasteiger partial charge in [0.25, 0.3) is 0 Å². The summed E-state index contributed by atoms with van der Waals surface area (Å²) in [5.74, 6) is 5.28. The Kier molecular flexibility index (Phi) is 5.25. The average molecular weight is 377 g/mol. The van der Waals surface area contributed by atoms with Crippen LogP contribution in [0.25, 0.3) is 0 Å². The Hall–Kier alpha value is -0.410. The van der Waals surface area contributed by atoms with Crippen molar-refractivity contribution in [3.8, 4) is 0 Å². The van der Waals surface area contributed by atoms with E-state index in [0.717, 1.165) is 48.9 Å². The number of Topliss-reactive ketones (excluding diaryl/α,β-unsaturated/α-hetero) is 1. The van der Waals surface area contributed by atoms with Gasteiger partial charge in [-0.1, -0.05) is 13.8 Å². The lowest BCUT2D eigenvalue weighted by Gasteiger charge is -2.62. The van der Waals surface area contributed by atoms with Crippen molar-refractivity contribution in [1.82, 2.24) is 0 Å². The molecule has 0 aromatic carbocycles. The molecule has 0 aromatic heterocycles. The summed E-state index contributed by atoms with van der Waals surface area (Å²) in [7, 11) is 1.71. The third-order valence-corrected chi connectivity index (χ3v) is 9.62. The van der Waals surface area contributed by atoms with Crippen LogP contribution in [0.2, 0.25) is 0 Å². The van der Waals surface area contributed by atoms with Crippen molar-refractivity contribution >= 4 is 5.78 Å². The zero-order chi connectivity index (χ0) is 19.4. The van der Waals surface area contributed by atoms with E-state index in [4.69, 9.17) is 4.74 Å². The van der Waals surface area contributed by atoms with Crippen LogP contribution in [0, 0.1) is 46.8 Å².